The Morgan fingerprint density at radius 1 is 1.33 bits per heavy atom. The molecule has 3 aliphatic carbocycles. The average Bonchev–Trinajstić information content (AvgIpc) is 3.06. The SMILES string of the molecule is COC(=O)C1=C[C@H]2[C@H]3C=C[C@](C(=O)OC)(C3)[C@H]2C1. The Bertz CT molecular complexity index is 476. The Balaban J connectivity index is 1.91. The number of esters is 2. The molecule has 0 amide bonds. The lowest BCUT2D eigenvalue weighted by Gasteiger charge is -2.29. The van der Waals surface area contributed by atoms with Crippen molar-refractivity contribution in [2.24, 2.45) is 23.2 Å². The summed E-state index contributed by atoms with van der Waals surface area (Å²) in [5.74, 6) is 0.352. The first-order chi connectivity index (χ1) is 8.62. The summed E-state index contributed by atoms with van der Waals surface area (Å²) in [5.41, 5.74) is 0.185. The van der Waals surface area contributed by atoms with Crippen LogP contribution in [0.3, 0.4) is 0 Å². The van der Waals surface area contributed by atoms with Gasteiger partial charge in [0.2, 0.25) is 0 Å². The lowest BCUT2D eigenvalue weighted by Crippen LogP contribution is -2.35. The number of methoxy groups -OCH3 is 2. The number of fused-ring (bicyclic) bond motifs is 5. The second-order valence-electron chi connectivity index (χ2n) is 5.33. The van der Waals surface area contributed by atoms with Crippen LogP contribution in [0, 0.1) is 23.2 Å². The van der Waals surface area contributed by atoms with E-state index in [9.17, 15) is 9.59 Å². The zero-order valence-corrected chi connectivity index (χ0v) is 10.5. The fraction of sp³-hybridized carbons (Fsp3) is 0.571. The van der Waals surface area contributed by atoms with E-state index in [1.165, 1.54) is 14.2 Å². The molecule has 0 aromatic rings. The van der Waals surface area contributed by atoms with E-state index in [1.807, 2.05) is 12.2 Å². The van der Waals surface area contributed by atoms with Crippen molar-refractivity contribution in [1.82, 2.24) is 0 Å². The van der Waals surface area contributed by atoms with Gasteiger partial charge in [-0.25, -0.2) is 4.79 Å². The molecule has 4 atom stereocenters. The monoisotopic (exact) mass is 248 g/mol. The maximum atomic E-state index is 12.1. The fourth-order valence-electron chi connectivity index (χ4n) is 3.87. The highest BCUT2D eigenvalue weighted by molar-refractivity contribution is 5.90. The van der Waals surface area contributed by atoms with E-state index in [1.54, 1.807) is 0 Å². The number of rotatable bonds is 2. The van der Waals surface area contributed by atoms with Gasteiger partial charge in [0.05, 0.1) is 19.6 Å². The van der Waals surface area contributed by atoms with E-state index < -0.39 is 5.41 Å². The molecule has 0 N–H and O–H groups in total. The molecule has 0 unspecified atom stereocenters. The van der Waals surface area contributed by atoms with Crippen molar-refractivity contribution < 1.29 is 19.1 Å². The summed E-state index contributed by atoms with van der Waals surface area (Å²) in [6.07, 6.45) is 7.51. The third-order valence-electron chi connectivity index (χ3n) is 4.68. The Kier molecular flexibility index (Phi) is 2.37. The van der Waals surface area contributed by atoms with Gasteiger partial charge in [-0.05, 0) is 30.6 Å². The van der Waals surface area contributed by atoms with Crippen molar-refractivity contribution in [2.75, 3.05) is 14.2 Å². The van der Waals surface area contributed by atoms with Crippen molar-refractivity contribution in [3.8, 4) is 0 Å². The topological polar surface area (TPSA) is 52.6 Å². The van der Waals surface area contributed by atoms with Gasteiger partial charge in [0, 0.05) is 5.57 Å². The molecule has 1 saturated carbocycles. The van der Waals surface area contributed by atoms with Crippen molar-refractivity contribution >= 4 is 11.9 Å². The van der Waals surface area contributed by atoms with E-state index in [0.717, 1.165) is 6.42 Å². The standard InChI is InChI=1S/C14H16O4/c1-17-12(15)9-5-10-8-3-4-14(7-8,11(10)6-9)13(16)18-2/h3-5,8,10-11H,6-7H2,1-2H3/t8-,10-,11-,14-/m0/s1. The van der Waals surface area contributed by atoms with Gasteiger partial charge < -0.3 is 9.47 Å². The second kappa shape index (κ2) is 3.70. The maximum absolute atomic E-state index is 12.1. The molecule has 0 spiro atoms. The van der Waals surface area contributed by atoms with Gasteiger partial charge in [0.1, 0.15) is 0 Å². The van der Waals surface area contributed by atoms with Crippen LogP contribution >= 0.6 is 0 Å². The van der Waals surface area contributed by atoms with Crippen LogP contribution in [0.15, 0.2) is 23.8 Å². The molecule has 0 radical (unpaired) electrons. The molecule has 3 aliphatic rings. The molecular weight excluding hydrogens is 232 g/mol. The summed E-state index contributed by atoms with van der Waals surface area (Å²) in [7, 11) is 2.81. The quantitative estimate of drug-likeness (QED) is 0.548. The van der Waals surface area contributed by atoms with Crippen LogP contribution in [0.1, 0.15) is 12.8 Å². The Labute approximate surface area is 106 Å². The molecule has 0 heterocycles. The smallest absolute Gasteiger partial charge is 0.333 e. The van der Waals surface area contributed by atoms with E-state index >= 15 is 0 Å². The van der Waals surface area contributed by atoms with Gasteiger partial charge >= 0.3 is 11.9 Å². The number of allylic oxidation sites excluding steroid dienone is 2. The molecule has 0 aliphatic heterocycles. The number of hydrogen-bond donors (Lipinski definition) is 0. The number of hydrogen-bond acceptors (Lipinski definition) is 4. The third kappa shape index (κ3) is 1.26. The highest BCUT2D eigenvalue weighted by Gasteiger charge is 2.61. The van der Waals surface area contributed by atoms with Crippen LogP contribution in [0.4, 0.5) is 0 Å². The zero-order valence-electron chi connectivity index (χ0n) is 10.5. The second-order valence-corrected chi connectivity index (χ2v) is 5.33. The lowest BCUT2D eigenvalue weighted by atomic mass is 9.74. The molecule has 96 valence electrons. The molecule has 4 nitrogen and oxygen atoms in total. The van der Waals surface area contributed by atoms with Gasteiger partial charge in [0.25, 0.3) is 0 Å². The van der Waals surface area contributed by atoms with Gasteiger partial charge in [-0.1, -0.05) is 18.2 Å². The molecule has 3 rings (SSSR count). The van der Waals surface area contributed by atoms with E-state index in [-0.39, 0.29) is 23.8 Å². The van der Waals surface area contributed by atoms with Crippen molar-refractivity contribution in [3.63, 3.8) is 0 Å². The minimum atomic E-state index is -0.518. The summed E-state index contributed by atoms with van der Waals surface area (Å²) in [6.45, 7) is 0. The van der Waals surface area contributed by atoms with E-state index in [2.05, 4.69) is 6.08 Å². The van der Waals surface area contributed by atoms with Crippen LogP contribution in [0.25, 0.3) is 0 Å². The summed E-state index contributed by atoms with van der Waals surface area (Å²) < 4.78 is 9.72. The third-order valence-corrected chi connectivity index (χ3v) is 4.68. The van der Waals surface area contributed by atoms with E-state index in [0.29, 0.717) is 17.9 Å². The van der Waals surface area contributed by atoms with Gasteiger partial charge in [-0.3, -0.25) is 4.79 Å². The van der Waals surface area contributed by atoms with Gasteiger partial charge in [-0.2, -0.15) is 0 Å². The Morgan fingerprint density at radius 3 is 2.78 bits per heavy atom. The maximum Gasteiger partial charge on any atom is 0.333 e. The van der Waals surface area contributed by atoms with Crippen LogP contribution in [-0.2, 0) is 19.1 Å². The van der Waals surface area contributed by atoms with Crippen molar-refractivity contribution in [3.05, 3.63) is 23.8 Å². The number of ether oxygens (including phenoxy) is 2. The summed E-state index contributed by atoms with van der Waals surface area (Å²) >= 11 is 0. The predicted molar refractivity (Wildman–Crippen MR) is 63.4 cm³/mol. The number of carbonyl (C=O) groups excluding carboxylic acids is 2. The summed E-state index contributed by atoms with van der Waals surface area (Å²) in [5, 5.41) is 0. The highest BCUT2D eigenvalue weighted by Crippen LogP contribution is 2.62. The summed E-state index contributed by atoms with van der Waals surface area (Å²) in [6, 6.07) is 0. The van der Waals surface area contributed by atoms with Crippen LogP contribution < -0.4 is 0 Å². The highest BCUT2D eigenvalue weighted by atomic mass is 16.5. The minimum Gasteiger partial charge on any atom is -0.468 e. The van der Waals surface area contributed by atoms with Crippen molar-refractivity contribution in [2.45, 2.75) is 12.8 Å². The van der Waals surface area contributed by atoms with Crippen LogP contribution in [-0.4, -0.2) is 26.2 Å². The van der Waals surface area contributed by atoms with E-state index in [4.69, 9.17) is 9.47 Å². The molecule has 0 aromatic carbocycles. The molecule has 4 heteroatoms. The molecule has 2 bridgehead atoms. The largest absolute Gasteiger partial charge is 0.468 e. The fourth-order valence-corrected chi connectivity index (χ4v) is 3.87. The van der Waals surface area contributed by atoms with Gasteiger partial charge in [0.15, 0.2) is 0 Å². The first-order valence-corrected chi connectivity index (χ1v) is 6.19. The predicted octanol–water partition coefficient (Wildman–Crippen LogP) is 1.47. The minimum absolute atomic E-state index is 0.161. The summed E-state index contributed by atoms with van der Waals surface area (Å²) in [4.78, 5) is 23.7. The first-order valence-electron chi connectivity index (χ1n) is 6.19. The van der Waals surface area contributed by atoms with Crippen LogP contribution in [0.5, 0.6) is 0 Å². The van der Waals surface area contributed by atoms with Crippen LogP contribution in [0.2, 0.25) is 0 Å². The average molecular weight is 248 g/mol. The Morgan fingerprint density at radius 2 is 2.11 bits per heavy atom. The Hall–Kier alpha value is -1.58. The first kappa shape index (κ1) is 11.5. The van der Waals surface area contributed by atoms with Gasteiger partial charge in [-0.15, -0.1) is 0 Å². The zero-order chi connectivity index (χ0) is 12.9. The molecule has 0 saturated heterocycles. The van der Waals surface area contributed by atoms with Crippen molar-refractivity contribution in [1.29, 1.82) is 0 Å². The number of carbonyl (C=O) groups is 2. The normalized spacial score (nSPS) is 39.4. The molecular formula is C14H16O4. The molecule has 18 heavy (non-hydrogen) atoms. The lowest BCUT2D eigenvalue weighted by molar-refractivity contribution is -0.152. The molecule has 1 fully saturated rings. The molecule has 0 aromatic heterocycles.